The second-order valence-corrected chi connectivity index (χ2v) is 11.0. The molecule has 0 spiro atoms. The Morgan fingerprint density at radius 2 is 1.16 bits per heavy atom. The van der Waals surface area contributed by atoms with E-state index in [1.54, 1.807) is 4.90 Å². The third-order valence-electron chi connectivity index (χ3n) is 6.87. The molecule has 3 aromatic carbocycles. The molecule has 0 saturated heterocycles. The summed E-state index contributed by atoms with van der Waals surface area (Å²) in [7, 11) is 0. The molecule has 0 heterocycles. The van der Waals surface area contributed by atoms with Crippen molar-refractivity contribution < 1.29 is 9.59 Å². The largest absolute Gasteiger partial charge is 0.319 e. The summed E-state index contributed by atoms with van der Waals surface area (Å²) >= 11 is 1.38. The minimum Gasteiger partial charge on any atom is -0.319 e. The standard InChI is InChI=1S/C34H43NO2S/c1-2-3-4-5-6-7-8-9-10-20-27-38-34(37)32(30-23-16-12-17-24-30)35(28-29-21-14-11-15-22-29)33(36)31-25-18-13-19-26-31/h11-19,21-26,32H,2-10,20,27-28H2,1H3. The molecule has 0 saturated carbocycles. The quantitative estimate of drug-likeness (QED) is 0.164. The number of benzene rings is 3. The summed E-state index contributed by atoms with van der Waals surface area (Å²) in [6.45, 7) is 2.63. The molecule has 0 N–H and O–H groups in total. The van der Waals surface area contributed by atoms with Crippen LogP contribution in [0.15, 0.2) is 91.0 Å². The average molecular weight is 530 g/mol. The number of amides is 1. The van der Waals surface area contributed by atoms with Crippen LogP contribution in [0.3, 0.4) is 0 Å². The molecule has 3 nitrogen and oxygen atoms in total. The molecule has 0 aliphatic rings. The highest BCUT2D eigenvalue weighted by Gasteiger charge is 2.32. The summed E-state index contributed by atoms with van der Waals surface area (Å²) in [6, 6.07) is 28.3. The maximum absolute atomic E-state index is 13.8. The minimum atomic E-state index is -0.641. The Morgan fingerprint density at radius 1 is 0.658 bits per heavy atom. The molecule has 4 heteroatoms. The molecule has 1 unspecified atom stereocenters. The summed E-state index contributed by atoms with van der Waals surface area (Å²) in [5.74, 6) is 0.661. The van der Waals surface area contributed by atoms with Gasteiger partial charge < -0.3 is 4.90 Å². The van der Waals surface area contributed by atoms with Crippen molar-refractivity contribution in [3.63, 3.8) is 0 Å². The van der Waals surface area contributed by atoms with Gasteiger partial charge in [0, 0.05) is 17.9 Å². The summed E-state index contributed by atoms with van der Waals surface area (Å²) in [5, 5.41) is 0.0346. The van der Waals surface area contributed by atoms with Crippen molar-refractivity contribution in [2.24, 2.45) is 0 Å². The van der Waals surface area contributed by atoms with E-state index in [4.69, 9.17) is 0 Å². The van der Waals surface area contributed by atoms with Crippen molar-refractivity contribution in [3.8, 4) is 0 Å². The zero-order chi connectivity index (χ0) is 26.8. The van der Waals surface area contributed by atoms with Gasteiger partial charge in [-0.2, -0.15) is 0 Å². The second kappa shape index (κ2) is 17.6. The Hall–Kier alpha value is -2.85. The lowest BCUT2D eigenvalue weighted by atomic mass is 10.0. The SMILES string of the molecule is CCCCCCCCCCCCSC(=O)C(c1ccccc1)N(Cc1ccccc1)C(=O)c1ccccc1. The van der Waals surface area contributed by atoms with Gasteiger partial charge in [-0.25, -0.2) is 0 Å². The van der Waals surface area contributed by atoms with Gasteiger partial charge in [0.1, 0.15) is 6.04 Å². The Bertz CT molecular complexity index is 1060. The molecule has 3 aromatic rings. The fraction of sp³-hybridized carbons (Fsp3) is 0.412. The average Bonchev–Trinajstić information content (AvgIpc) is 2.97. The molecule has 0 radical (unpaired) electrons. The van der Waals surface area contributed by atoms with E-state index in [2.05, 4.69) is 6.92 Å². The van der Waals surface area contributed by atoms with Crippen molar-refractivity contribution in [2.75, 3.05) is 5.75 Å². The molecular formula is C34H43NO2S. The Labute approximate surface area is 234 Å². The van der Waals surface area contributed by atoms with Gasteiger partial charge in [0.05, 0.1) is 0 Å². The Kier molecular flexibility index (Phi) is 13.8. The van der Waals surface area contributed by atoms with Crippen molar-refractivity contribution in [3.05, 3.63) is 108 Å². The van der Waals surface area contributed by atoms with Crippen molar-refractivity contribution in [1.82, 2.24) is 4.90 Å². The number of unbranched alkanes of at least 4 members (excludes halogenated alkanes) is 9. The van der Waals surface area contributed by atoms with Gasteiger partial charge in [-0.3, -0.25) is 9.59 Å². The molecule has 3 rings (SSSR count). The minimum absolute atomic E-state index is 0.0346. The molecule has 38 heavy (non-hydrogen) atoms. The topological polar surface area (TPSA) is 37.4 Å². The van der Waals surface area contributed by atoms with Crippen LogP contribution in [0.1, 0.15) is 98.7 Å². The number of carbonyl (C=O) groups is 2. The van der Waals surface area contributed by atoms with Gasteiger partial charge in [0.25, 0.3) is 5.91 Å². The number of hydrogen-bond acceptors (Lipinski definition) is 3. The molecule has 202 valence electrons. The van der Waals surface area contributed by atoms with Crippen LogP contribution in [0, 0.1) is 0 Å². The summed E-state index contributed by atoms with van der Waals surface area (Å²) in [6.07, 6.45) is 12.7. The molecule has 1 atom stereocenters. The van der Waals surface area contributed by atoms with Gasteiger partial charge in [0.2, 0.25) is 5.12 Å². The van der Waals surface area contributed by atoms with E-state index in [1.165, 1.54) is 63.1 Å². The number of hydrogen-bond donors (Lipinski definition) is 0. The van der Waals surface area contributed by atoms with E-state index in [0.717, 1.165) is 29.7 Å². The van der Waals surface area contributed by atoms with E-state index >= 15 is 0 Å². The van der Waals surface area contributed by atoms with Gasteiger partial charge in [0.15, 0.2) is 0 Å². The number of nitrogens with zero attached hydrogens (tertiary/aromatic N) is 1. The van der Waals surface area contributed by atoms with Crippen LogP contribution in [-0.4, -0.2) is 21.7 Å². The first kappa shape index (κ1) is 29.7. The van der Waals surface area contributed by atoms with Gasteiger partial charge in [-0.1, -0.05) is 155 Å². The lowest BCUT2D eigenvalue weighted by Crippen LogP contribution is -2.38. The maximum Gasteiger partial charge on any atom is 0.255 e. The van der Waals surface area contributed by atoms with E-state index in [0.29, 0.717) is 12.1 Å². The summed E-state index contributed by atoms with van der Waals surface area (Å²) in [5.41, 5.74) is 2.45. The maximum atomic E-state index is 13.8. The molecule has 0 fully saturated rings. The summed E-state index contributed by atoms with van der Waals surface area (Å²) < 4.78 is 0. The van der Waals surface area contributed by atoms with Crippen molar-refractivity contribution in [2.45, 2.75) is 83.7 Å². The number of rotatable bonds is 17. The first-order valence-corrected chi connectivity index (χ1v) is 15.3. The monoisotopic (exact) mass is 529 g/mol. The predicted molar refractivity (Wildman–Crippen MR) is 161 cm³/mol. The van der Waals surface area contributed by atoms with Gasteiger partial charge in [-0.05, 0) is 29.7 Å². The second-order valence-electron chi connectivity index (χ2n) is 9.95. The zero-order valence-electron chi connectivity index (χ0n) is 22.9. The van der Waals surface area contributed by atoms with E-state index in [-0.39, 0.29) is 11.0 Å². The first-order valence-electron chi connectivity index (χ1n) is 14.3. The zero-order valence-corrected chi connectivity index (χ0v) is 23.7. The molecule has 0 aliphatic heterocycles. The van der Waals surface area contributed by atoms with E-state index in [1.807, 2.05) is 91.0 Å². The van der Waals surface area contributed by atoms with Crippen LogP contribution in [0.5, 0.6) is 0 Å². The smallest absolute Gasteiger partial charge is 0.255 e. The van der Waals surface area contributed by atoms with Crippen LogP contribution >= 0.6 is 11.8 Å². The normalized spacial score (nSPS) is 11.7. The van der Waals surface area contributed by atoms with Crippen LogP contribution in [0.2, 0.25) is 0 Å². The molecule has 0 aliphatic carbocycles. The predicted octanol–water partition coefficient (Wildman–Crippen LogP) is 9.25. The van der Waals surface area contributed by atoms with E-state index < -0.39 is 6.04 Å². The molecular weight excluding hydrogens is 486 g/mol. The van der Waals surface area contributed by atoms with Crippen molar-refractivity contribution >= 4 is 22.8 Å². The van der Waals surface area contributed by atoms with Gasteiger partial charge in [-0.15, -0.1) is 0 Å². The van der Waals surface area contributed by atoms with Crippen LogP contribution in [0.25, 0.3) is 0 Å². The molecule has 0 aromatic heterocycles. The van der Waals surface area contributed by atoms with Crippen molar-refractivity contribution in [1.29, 1.82) is 0 Å². The molecule has 0 bridgehead atoms. The van der Waals surface area contributed by atoms with Crippen LogP contribution < -0.4 is 0 Å². The highest BCUT2D eigenvalue weighted by atomic mass is 32.2. The number of carbonyl (C=O) groups excluding carboxylic acids is 2. The highest BCUT2D eigenvalue weighted by Crippen LogP contribution is 2.30. The molecule has 1 amide bonds. The van der Waals surface area contributed by atoms with Crippen LogP contribution in [-0.2, 0) is 11.3 Å². The Balaban J connectivity index is 1.64. The lowest BCUT2D eigenvalue weighted by molar-refractivity contribution is -0.115. The Morgan fingerprint density at radius 3 is 1.74 bits per heavy atom. The van der Waals surface area contributed by atoms with Crippen LogP contribution in [0.4, 0.5) is 0 Å². The fourth-order valence-corrected chi connectivity index (χ4v) is 5.70. The van der Waals surface area contributed by atoms with E-state index in [9.17, 15) is 9.59 Å². The fourth-order valence-electron chi connectivity index (χ4n) is 4.73. The third-order valence-corrected chi connectivity index (χ3v) is 7.87. The highest BCUT2D eigenvalue weighted by molar-refractivity contribution is 8.13. The lowest BCUT2D eigenvalue weighted by Gasteiger charge is -2.31. The third kappa shape index (κ3) is 10.1. The summed E-state index contributed by atoms with van der Waals surface area (Å²) in [4.78, 5) is 29.3. The van der Waals surface area contributed by atoms with Gasteiger partial charge >= 0.3 is 0 Å². The first-order chi connectivity index (χ1) is 18.7. The number of thioether (sulfide) groups is 1.